The smallest absolute Gasteiger partial charge is 0.208 e. The first-order valence-corrected chi connectivity index (χ1v) is 8.47. The Labute approximate surface area is 120 Å². The summed E-state index contributed by atoms with van der Waals surface area (Å²) in [4.78, 5) is 0. The monoisotopic (exact) mass is 289 g/mol. The lowest BCUT2D eigenvalue weighted by molar-refractivity contribution is 0.574. The molecule has 0 aromatic heterocycles. The second-order valence-corrected chi connectivity index (χ2v) is 6.75. The largest absolute Gasteiger partial charge is 0.215 e. The van der Waals surface area contributed by atoms with Gasteiger partial charge in [-0.2, -0.15) is 0 Å². The predicted octanol–water partition coefficient (Wildman–Crippen LogP) is 2.56. The van der Waals surface area contributed by atoms with Crippen LogP contribution in [-0.2, 0) is 16.4 Å². The molecular weight excluding hydrogens is 270 g/mol. The van der Waals surface area contributed by atoms with Gasteiger partial charge in [0.05, 0.1) is 6.26 Å². The Balaban J connectivity index is 2.16. The molecule has 2 aromatic carbocycles. The van der Waals surface area contributed by atoms with E-state index in [9.17, 15) is 8.42 Å². The van der Waals surface area contributed by atoms with Gasteiger partial charge in [0.25, 0.3) is 0 Å². The van der Waals surface area contributed by atoms with Crippen LogP contribution < -0.4 is 4.72 Å². The fraction of sp³-hybridized carbons (Fsp3) is 0.250. The predicted molar refractivity (Wildman–Crippen MR) is 82.2 cm³/mol. The van der Waals surface area contributed by atoms with Crippen LogP contribution in [0.2, 0.25) is 0 Å². The highest BCUT2D eigenvalue weighted by Gasteiger charge is 2.14. The van der Waals surface area contributed by atoms with E-state index >= 15 is 0 Å². The normalized spacial score (nSPS) is 13.1. The SMILES string of the molecule is CS(=O)(=O)NCC(Cc1ccccc1)c1ccccc1. The number of benzene rings is 2. The van der Waals surface area contributed by atoms with Crippen molar-refractivity contribution in [1.29, 1.82) is 0 Å². The number of rotatable bonds is 6. The van der Waals surface area contributed by atoms with E-state index in [0.717, 1.165) is 12.0 Å². The summed E-state index contributed by atoms with van der Waals surface area (Å²) in [5.41, 5.74) is 2.35. The van der Waals surface area contributed by atoms with E-state index in [-0.39, 0.29) is 5.92 Å². The molecule has 0 bridgehead atoms. The Hall–Kier alpha value is -1.65. The zero-order valence-electron chi connectivity index (χ0n) is 11.5. The molecule has 0 heterocycles. The first-order chi connectivity index (χ1) is 9.54. The third-order valence-electron chi connectivity index (χ3n) is 3.19. The van der Waals surface area contributed by atoms with E-state index in [4.69, 9.17) is 0 Å². The van der Waals surface area contributed by atoms with Crippen LogP contribution in [0, 0.1) is 0 Å². The van der Waals surface area contributed by atoms with Crippen LogP contribution in [0.3, 0.4) is 0 Å². The third kappa shape index (κ3) is 4.79. The van der Waals surface area contributed by atoms with Crippen LogP contribution in [0.5, 0.6) is 0 Å². The first kappa shape index (κ1) is 14.8. The van der Waals surface area contributed by atoms with E-state index in [1.807, 2.05) is 48.5 Å². The van der Waals surface area contributed by atoms with E-state index in [1.165, 1.54) is 11.8 Å². The summed E-state index contributed by atoms with van der Waals surface area (Å²) in [7, 11) is -3.17. The maximum atomic E-state index is 11.3. The highest BCUT2D eigenvalue weighted by atomic mass is 32.2. The molecule has 0 fully saturated rings. The van der Waals surface area contributed by atoms with Gasteiger partial charge in [-0.1, -0.05) is 60.7 Å². The summed E-state index contributed by atoms with van der Waals surface area (Å²) < 4.78 is 25.2. The molecule has 1 atom stereocenters. The van der Waals surface area contributed by atoms with Gasteiger partial charge in [0.2, 0.25) is 10.0 Å². The standard InChI is InChI=1S/C16H19NO2S/c1-20(18,19)17-13-16(15-10-6-3-7-11-15)12-14-8-4-2-5-9-14/h2-11,16-17H,12-13H2,1H3. The molecule has 106 valence electrons. The van der Waals surface area contributed by atoms with E-state index < -0.39 is 10.0 Å². The summed E-state index contributed by atoms with van der Waals surface area (Å²) >= 11 is 0. The number of sulfonamides is 1. The molecule has 3 nitrogen and oxygen atoms in total. The Morgan fingerprint density at radius 1 is 0.950 bits per heavy atom. The number of nitrogens with one attached hydrogen (secondary N) is 1. The summed E-state index contributed by atoms with van der Waals surface area (Å²) in [6.45, 7) is 0.414. The zero-order chi connectivity index (χ0) is 14.4. The van der Waals surface area contributed by atoms with Crippen LogP contribution in [0.15, 0.2) is 60.7 Å². The molecule has 4 heteroatoms. The highest BCUT2D eigenvalue weighted by molar-refractivity contribution is 7.88. The van der Waals surface area contributed by atoms with Crippen LogP contribution in [0.25, 0.3) is 0 Å². The molecule has 1 unspecified atom stereocenters. The summed E-state index contributed by atoms with van der Waals surface area (Å²) in [6, 6.07) is 20.1. The molecule has 0 saturated carbocycles. The van der Waals surface area contributed by atoms with Gasteiger partial charge in [-0.05, 0) is 17.5 Å². The minimum absolute atomic E-state index is 0.133. The lowest BCUT2D eigenvalue weighted by atomic mass is 9.92. The Morgan fingerprint density at radius 3 is 2.05 bits per heavy atom. The second kappa shape index (κ2) is 6.68. The molecular formula is C16H19NO2S. The molecule has 0 aliphatic carbocycles. The van der Waals surface area contributed by atoms with Gasteiger partial charge in [-0.15, -0.1) is 0 Å². The van der Waals surface area contributed by atoms with Crippen molar-refractivity contribution in [2.24, 2.45) is 0 Å². The molecule has 0 spiro atoms. The molecule has 0 amide bonds. The van der Waals surface area contributed by atoms with Crippen LogP contribution in [0.1, 0.15) is 17.0 Å². The van der Waals surface area contributed by atoms with Crippen LogP contribution in [-0.4, -0.2) is 21.2 Å². The molecule has 0 aliphatic heterocycles. The van der Waals surface area contributed by atoms with Crippen molar-refractivity contribution in [2.75, 3.05) is 12.8 Å². The van der Waals surface area contributed by atoms with E-state index in [2.05, 4.69) is 16.9 Å². The van der Waals surface area contributed by atoms with Crippen molar-refractivity contribution in [2.45, 2.75) is 12.3 Å². The average Bonchev–Trinajstić information content (AvgIpc) is 2.44. The summed E-state index contributed by atoms with van der Waals surface area (Å²) in [5, 5.41) is 0. The lowest BCUT2D eigenvalue weighted by Gasteiger charge is -2.17. The quantitative estimate of drug-likeness (QED) is 0.888. The van der Waals surface area contributed by atoms with Gasteiger partial charge >= 0.3 is 0 Å². The van der Waals surface area contributed by atoms with Crippen LogP contribution in [0.4, 0.5) is 0 Å². The van der Waals surface area contributed by atoms with Crippen molar-refractivity contribution < 1.29 is 8.42 Å². The minimum Gasteiger partial charge on any atom is -0.215 e. The van der Waals surface area contributed by atoms with Gasteiger partial charge < -0.3 is 0 Å². The van der Waals surface area contributed by atoms with Crippen molar-refractivity contribution in [1.82, 2.24) is 4.72 Å². The van der Waals surface area contributed by atoms with E-state index in [1.54, 1.807) is 0 Å². The highest BCUT2D eigenvalue weighted by Crippen LogP contribution is 2.20. The molecule has 0 radical (unpaired) electrons. The lowest BCUT2D eigenvalue weighted by Crippen LogP contribution is -2.28. The van der Waals surface area contributed by atoms with Gasteiger partial charge in [0.15, 0.2) is 0 Å². The molecule has 20 heavy (non-hydrogen) atoms. The molecule has 1 N–H and O–H groups in total. The van der Waals surface area contributed by atoms with Gasteiger partial charge in [-0.25, -0.2) is 13.1 Å². The first-order valence-electron chi connectivity index (χ1n) is 6.58. The number of hydrogen-bond donors (Lipinski definition) is 1. The molecule has 2 aromatic rings. The Kier molecular flexibility index (Phi) is 4.93. The van der Waals surface area contributed by atoms with Crippen molar-refractivity contribution in [3.63, 3.8) is 0 Å². The van der Waals surface area contributed by atoms with E-state index in [0.29, 0.717) is 6.54 Å². The van der Waals surface area contributed by atoms with Crippen molar-refractivity contribution >= 4 is 10.0 Å². The van der Waals surface area contributed by atoms with Gasteiger partial charge in [0.1, 0.15) is 0 Å². The Morgan fingerprint density at radius 2 is 1.50 bits per heavy atom. The van der Waals surface area contributed by atoms with Crippen LogP contribution >= 0.6 is 0 Å². The maximum Gasteiger partial charge on any atom is 0.208 e. The molecule has 0 saturated heterocycles. The van der Waals surface area contributed by atoms with Crippen molar-refractivity contribution in [3.05, 3.63) is 71.8 Å². The summed E-state index contributed by atoms with van der Waals surface area (Å²) in [6.07, 6.45) is 2.00. The minimum atomic E-state index is -3.17. The fourth-order valence-electron chi connectivity index (χ4n) is 2.18. The van der Waals surface area contributed by atoms with Crippen molar-refractivity contribution in [3.8, 4) is 0 Å². The summed E-state index contributed by atoms with van der Waals surface area (Å²) in [5.74, 6) is 0.133. The molecule has 2 rings (SSSR count). The zero-order valence-corrected chi connectivity index (χ0v) is 12.3. The third-order valence-corrected chi connectivity index (χ3v) is 3.88. The molecule has 0 aliphatic rings. The fourth-order valence-corrected chi connectivity index (χ4v) is 2.69. The maximum absolute atomic E-state index is 11.3. The Bertz CT molecular complexity index is 624. The topological polar surface area (TPSA) is 46.2 Å². The van der Waals surface area contributed by atoms with Gasteiger partial charge in [0, 0.05) is 12.5 Å². The van der Waals surface area contributed by atoms with Gasteiger partial charge in [-0.3, -0.25) is 0 Å². The number of hydrogen-bond acceptors (Lipinski definition) is 2. The average molecular weight is 289 g/mol. The second-order valence-electron chi connectivity index (χ2n) is 4.92.